The van der Waals surface area contributed by atoms with Gasteiger partial charge in [0.15, 0.2) is 0 Å². The Bertz CT molecular complexity index is 561. The second kappa shape index (κ2) is 7.50. The van der Waals surface area contributed by atoms with Crippen LogP contribution in [0.15, 0.2) is 0 Å². The Morgan fingerprint density at radius 1 is 1.07 bits per heavy atom. The van der Waals surface area contributed by atoms with Crippen LogP contribution in [0.5, 0.6) is 0 Å². The molecule has 2 fully saturated rings. The highest BCUT2D eigenvalue weighted by atomic mass is 16.2. The van der Waals surface area contributed by atoms with E-state index in [2.05, 4.69) is 67.6 Å². The van der Waals surface area contributed by atoms with Crippen LogP contribution in [0.1, 0.15) is 94.4 Å². The van der Waals surface area contributed by atoms with Gasteiger partial charge in [0.2, 0.25) is 11.8 Å². The van der Waals surface area contributed by atoms with Gasteiger partial charge in [0.25, 0.3) is 0 Å². The fourth-order valence-corrected chi connectivity index (χ4v) is 5.36. The van der Waals surface area contributed by atoms with Crippen molar-refractivity contribution < 1.29 is 9.59 Å². The zero-order valence-electron chi connectivity index (χ0n) is 19.1. The monoisotopic (exact) mass is 378 g/mol. The molecule has 2 heterocycles. The molecule has 2 rings (SSSR count). The molecule has 0 aromatic heterocycles. The van der Waals surface area contributed by atoms with Gasteiger partial charge in [-0.05, 0) is 64.7 Å². The van der Waals surface area contributed by atoms with E-state index in [0.29, 0.717) is 0 Å². The zero-order valence-corrected chi connectivity index (χ0v) is 19.1. The quantitative estimate of drug-likeness (QED) is 0.677. The van der Waals surface area contributed by atoms with Gasteiger partial charge in [-0.1, -0.05) is 41.0 Å². The van der Waals surface area contributed by atoms with Crippen molar-refractivity contribution >= 4 is 11.8 Å². The van der Waals surface area contributed by atoms with Gasteiger partial charge in [0.1, 0.15) is 0 Å². The van der Waals surface area contributed by atoms with Gasteiger partial charge in [-0.3, -0.25) is 14.5 Å². The van der Waals surface area contributed by atoms with Crippen molar-refractivity contribution in [1.82, 2.24) is 10.2 Å². The SMILES string of the molecule is CCC(C)(C)CCC1C(=O)N(C2CC(C)(C)NC(C)(C)C2)C(=O)C1C(C)C. The molecule has 2 amide bonds. The number of imide groups is 1. The highest BCUT2D eigenvalue weighted by molar-refractivity contribution is 6.05. The summed E-state index contributed by atoms with van der Waals surface area (Å²) in [4.78, 5) is 28.5. The molecule has 2 saturated heterocycles. The highest BCUT2D eigenvalue weighted by Crippen LogP contribution is 2.42. The summed E-state index contributed by atoms with van der Waals surface area (Å²) in [5, 5.41) is 3.66. The fraction of sp³-hybridized carbons (Fsp3) is 0.913. The lowest BCUT2D eigenvalue weighted by molar-refractivity contribution is -0.144. The minimum atomic E-state index is -0.161. The van der Waals surface area contributed by atoms with E-state index in [4.69, 9.17) is 0 Å². The predicted octanol–water partition coefficient (Wildman–Crippen LogP) is 4.77. The van der Waals surface area contributed by atoms with Crippen LogP contribution in [0.3, 0.4) is 0 Å². The first-order valence-corrected chi connectivity index (χ1v) is 10.9. The maximum Gasteiger partial charge on any atom is 0.233 e. The van der Waals surface area contributed by atoms with Crippen molar-refractivity contribution in [2.24, 2.45) is 23.2 Å². The number of amides is 2. The molecule has 0 radical (unpaired) electrons. The first kappa shape index (κ1) is 22.4. The van der Waals surface area contributed by atoms with E-state index in [1.807, 2.05) is 0 Å². The van der Waals surface area contributed by atoms with E-state index < -0.39 is 0 Å². The molecule has 4 heteroatoms. The molecule has 0 saturated carbocycles. The van der Waals surface area contributed by atoms with Crippen LogP contribution in [0.25, 0.3) is 0 Å². The number of hydrogen-bond acceptors (Lipinski definition) is 3. The summed E-state index contributed by atoms with van der Waals surface area (Å²) in [6, 6.07) is 0.00156. The number of carbonyl (C=O) groups excluding carboxylic acids is 2. The minimum absolute atomic E-state index is 0.00156. The summed E-state index contributed by atoms with van der Waals surface area (Å²) < 4.78 is 0. The minimum Gasteiger partial charge on any atom is -0.307 e. The number of likely N-dealkylation sites (tertiary alicyclic amines) is 1. The Kier molecular flexibility index (Phi) is 6.22. The predicted molar refractivity (Wildman–Crippen MR) is 111 cm³/mol. The van der Waals surface area contributed by atoms with E-state index in [9.17, 15) is 9.59 Å². The summed E-state index contributed by atoms with van der Waals surface area (Å²) >= 11 is 0. The van der Waals surface area contributed by atoms with E-state index in [1.54, 1.807) is 4.90 Å². The average molecular weight is 379 g/mol. The van der Waals surface area contributed by atoms with E-state index >= 15 is 0 Å². The van der Waals surface area contributed by atoms with E-state index in [-0.39, 0.29) is 52.1 Å². The molecular formula is C23H42N2O2. The molecular weight excluding hydrogens is 336 g/mol. The van der Waals surface area contributed by atoms with Crippen LogP contribution >= 0.6 is 0 Å². The molecule has 0 aromatic rings. The van der Waals surface area contributed by atoms with E-state index in [0.717, 1.165) is 32.1 Å². The summed E-state index contributed by atoms with van der Waals surface area (Å²) in [5.74, 6) is 0.0523. The zero-order chi connectivity index (χ0) is 20.8. The maximum absolute atomic E-state index is 13.4. The number of nitrogens with one attached hydrogen (secondary N) is 1. The number of nitrogens with zero attached hydrogens (tertiary/aromatic N) is 1. The first-order valence-electron chi connectivity index (χ1n) is 10.9. The lowest BCUT2D eigenvalue weighted by Gasteiger charge is -2.48. The van der Waals surface area contributed by atoms with Crippen molar-refractivity contribution in [3.8, 4) is 0 Å². The number of piperidine rings is 1. The summed E-state index contributed by atoms with van der Waals surface area (Å²) in [5.41, 5.74) is 0.0577. The molecule has 0 bridgehead atoms. The molecule has 2 unspecified atom stereocenters. The van der Waals surface area contributed by atoms with Gasteiger partial charge in [0, 0.05) is 17.1 Å². The van der Waals surface area contributed by atoms with Crippen LogP contribution < -0.4 is 5.32 Å². The Morgan fingerprint density at radius 3 is 2.04 bits per heavy atom. The topological polar surface area (TPSA) is 49.4 Å². The summed E-state index contributed by atoms with van der Waals surface area (Å²) in [6.45, 7) is 19.6. The van der Waals surface area contributed by atoms with E-state index in [1.165, 1.54) is 0 Å². The molecule has 1 N–H and O–H groups in total. The second-order valence-electron chi connectivity index (χ2n) is 11.4. The molecule has 2 aliphatic heterocycles. The highest BCUT2D eigenvalue weighted by Gasteiger charge is 2.53. The largest absolute Gasteiger partial charge is 0.307 e. The van der Waals surface area contributed by atoms with Gasteiger partial charge < -0.3 is 5.32 Å². The van der Waals surface area contributed by atoms with Crippen molar-refractivity contribution in [1.29, 1.82) is 0 Å². The van der Waals surface area contributed by atoms with Gasteiger partial charge in [0.05, 0.1) is 11.8 Å². The summed E-state index contributed by atoms with van der Waals surface area (Å²) in [6.07, 6.45) is 4.56. The van der Waals surface area contributed by atoms with Gasteiger partial charge in [-0.2, -0.15) is 0 Å². The van der Waals surface area contributed by atoms with Crippen LogP contribution in [0.4, 0.5) is 0 Å². The van der Waals surface area contributed by atoms with Crippen molar-refractivity contribution in [3.63, 3.8) is 0 Å². The van der Waals surface area contributed by atoms with Gasteiger partial charge in [-0.15, -0.1) is 0 Å². The lowest BCUT2D eigenvalue weighted by atomic mass is 9.77. The average Bonchev–Trinajstić information content (AvgIpc) is 2.72. The smallest absolute Gasteiger partial charge is 0.233 e. The molecule has 2 aliphatic rings. The second-order valence-corrected chi connectivity index (χ2v) is 11.4. The van der Waals surface area contributed by atoms with Crippen LogP contribution in [0.2, 0.25) is 0 Å². The molecule has 27 heavy (non-hydrogen) atoms. The Labute approximate surface area is 166 Å². The standard InChI is InChI=1S/C23H42N2O2/c1-10-21(4,5)12-11-17-18(15(2)3)20(27)25(19(17)26)16-13-22(6,7)24-23(8,9)14-16/h15-18,24H,10-14H2,1-9H3. The number of hydrogen-bond donors (Lipinski definition) is 1. The first-order chi connectivity index (χ1) is 12.2. The molecule has 0 aliphatic carbocycles. The summed E-state index contributed by atoms with van der Waals surface area (Å²) in [7, 11) is 0. The molecule has 0 aromatic carbocycles. The third kappa shape index (κ3) is 4.93. The van der Waals surface area contributed by atoms with Gasteiger partial charge >= 0.3 is 0 Å². The Balaban J connectivity index is 2.27. The molecule has 4 nitrogen and oxygen atoms in total. The Morgan fingerprint density at radius 2 is 1.59 bits per heavy atom. The van der Waals surface area contributed by atoms with Gasteiger partial charge in [-0.25, -0.2) is 0 Å². The van der Waals surface area contributed by atoms with Crippen LogP contribution in [0, 0.1) is 23.2 Å². The normalized spacial score (nSPS) is 29.0. The molecule has 156 valence electrons. The van der Waals surface area contributed by atoms with Crippen LogP contribution in [-0.4, -0.2) is 33.8 Å². The third-order valence-corrected chi connectivity index (χ3v) is 6.85. The number of rotatable bonds is 6. The van der Waals surface area contributed by atoms with Crippen molar-refractivity contribution in [3.05, 3.63) is 0 Å². The van der Waals surface area contributed by atoms with Crippen LogP contribution in [-0.2, 0) is 9.59 Å². The molecule has 0 spiro atoms. The van der Waals surface area contributed by atoms with Crippen molar-refractivity contribution in [2.75, 3.05) is 0 Å². The maximum atomic E-state index is 13.4. The Hall–Kier alpha value is -0.900. The molecule has 2 atom stereocenters. The fourth-order valence-electron chi connectivity index (χ4n) is 5.36. The lowest BCUT2D eigenvalue weighted by Crippen LogP contribution is -2.63. The number of carbonyl (C=O) groups is 2. The third-order valence-electron chi connectivity index (χ3n) is 6.85. The van der Waals surface area contributed by atoms with Crippen molar-refractivity contribution in [2.45, 2.75) is 112 Å².